The molecule has 0 saturated heterocycles. The lowest BCUT2D eigenvalue weighted by Gasteiger charge is -2.25. The molecular weight excluding hydrogens is 282 g/mol. The topological polar surface area (TPSA) is 12.5 Å². The van der Waals surface area contributed by atoms with Crippen molar-refractivity contribution in [2.24, 2.45) is 0 Å². The van der Waals surface area contributed by atoms with Gasteiger partial charge in [-0.05, 0) is 37.1 Å². The summed E-state index contributed by atoms with van der Waals surface area (Å²) in [5.41, 5.74) is 2.50. The Balaban J connectivity index is 2.93. The second-order valence-electron chi connectivity index (χ2n) is 6.79. The molecule has 0 heterocycles. The van der Waals surface area contributed by atoms with Crippen LogP contribution in [-0.4, -0.2) is 32.1 Å². The molecule has 0 radical (unpaired) electrons. The van der Waals surface area contributed by atoms with E-state index in [1.807, 2.05) is 6.07 Å². The zero-order valence-corrected chi connectivity index (χ0v) is 15.1. The van der Waals surface area contributed by atoms with Crippen LogP contribution in [0.5, 0.6) is 5.75 Å². The first-order valence-electron chi connectivity index (χ1n) is 7.80. The molecule has 0 bridgehead atoms. The Bertz CT molecular complexity index is 439. The normalized spacial score (nSPS) is 13.5. The number of halogens is 1. The number of hydrogen-bond donors (Lipinski definition) is 0. The van der Waals surface area contributed by atoms with Crippen molar-refractivity contribution < 1.29 is 4.74 Å². The molecule has 2 nitrogen and oxygen atoms in total. The van der Waals surface area contributed by atoms with Crippen LogP contribution >= 0.6 is 11.6 Å². The highest BCUT2D eigenvalue weighted by Gasteiger charge is 2.20. The predicted molar refractivity (Wildman–Crippen MR) is 92.7 cm³/mol. The number of hydrogen-bond acceptors (Lipinski definition) is 2. The summed E-state index contributed by atoms with van der Waals surface area (Å²) < 4.78 is 5.49. The molecule has 120 valence electrons. The van der Waals surface area contributed by atoms with Gasteiger partial charge in [-0.15, -0.1) is 11.6 Å². The van der Waals surface area contributed by atoms with Crippen LogP contribution in [0, 0.1) is 0 Å². The number of nitrogens with zero attached hydrogens (tertiary/aromatic N) is 1. The molecule has 1 atom stereocenters. The lowest BCUT2D eigenvalue weighted by molar-refractivity contribution is 0.324. The van der Waals surface area contributed by atoms with E-state index in [1.165, 1.54) is 18.4 Å². The van der Waals surface area contributed by atoms with Gasteiger partial charge in [0.1, 0.15) is 5.75 Å². The molecular formula is C18H30ClNO. The van der Waals surface area contributed by atoms with Crippen molar-refractivity contribution in [3.05, 3.63) is 29.3 Å². The Morgan fingerprint density at radius 3 is 2.48 bits per heavy atom. The Kier molecular flexibility index (Phi) is 7.02. The smallest absolute Gasteiger partial charge is 0.123 e. The van der Waals surface area contributed by atoms with E-state index < -0.39 is 0 Å². The highest BCUT2D eigenvalue weighted by molar-refractivity contribution is 6.21. The van der Waals surface area contributed by atoms with Crippen LogP contribution < -0.4 is 4.74 Å². The molecule has 0 spiro atoms. The Hall–Kier alpha value is -0.730. The molecule has 0 saturated carbocycles. The number of benzene rings is 1. The van der Waals surface area contributed by atoms with Crippen molar-refractivity contribution in [2.45, 2.75) is 51.3 Å². The fraction of sp³-hybridized carbons (Fsp3) is 0.667. The SMILES string of the molecule is CCCCN(C)CC(Cl)c1cc(C(C)(C)C)ccc1OC. The van der Waals surface area contributed by atoms with Crippen LogP contribution in [0.4, 0.5) is 0 Å². The summed E-state index contributed by atoms with van der Waals surface area (Å²) in [6.45, 7) is 10.8. The van der Waals surface area contributed by atoms with Crippen LogP contribution in [0.1, 0.15) is 57.0 Å². The maximum absolute atomic E-state index is 6.66. The highest BCUT2D eigenvalue weighted by Crippen LogP contribution is 2.34. The number of unbranched alkanes of at least 4 members (excludes halogenated alkanes) is 1. The summed E-state index contributed by atoms with van der Waals surface area (Å²) in [5.74, 6) is 0.881. The zero-order chi connectivity index (χ0) is 16.0. The van der Waals surface area contributed by atoms with Gasteiger partial charge in [0, 0.05) is 12.1 Å². The van der Waals surface area contributed by atoms with Crippen molar-refractivity contribution in [2.75, 3.05) is 27.2 Å². The molecule has 1 unspecified atom stereocenters. The van der Waals surface area contributed by atoms with Gasteiger partial charge >= 0.3 is 0 Å². The number of likely N-dealkylation sites (N-methyl/N-ethyl adjacent to an activating group) is 1. The summed E-state index contributed by atoms with van der Waals surface area (Å²) in [6, 6.07) is 6.37. The quantitative estimate of drug-likeness (QED) is 0.657. The third-order valence-electron chi connectivity index (χ3n) is 3.80. The molecule has 21 heavy (non-hydrogen) atoms. The van der Waals surface area contributed by atoms with Gasteiger partial charge < -0.3 is 9.64 Å². The summed E-state index contributed by atoms with van der Waals surface area (Å²) in [4.78, 5) is 2.30. The molecule has 0 aliphatic carbocycles. The fourth-order valence-corrected chi connectivity index (χ4v) is 2.74. The van der Waals surface area contributed by atoms with E-state index in [9.17, 15) is 0 Å². The second-order valence-corrected chi connectivity index (χ2v) is 7.32. The van der Waals surface area contributed by atoms with E-state index in [4.69, 9.17) is 16.3 Å². The van der Waals surface area contributed by atoms with Crippen molar-refractivity contribution in [3.63, 3.8) is 0 Å². The van der Waals surface area contributed by atoms with Gasteiger partial charge in [-0.1, -0.05) is 46.2 Å². The minimum atomic E-state index is -0.0518. The van der Waals surface area contributed by atoms with Gasteiger partial charge in [0.2, 0.25) is 0 Å². The molecule has 0 amide bonds. The minimum Gasteiger partial charge on any atom is -0.496 e. The lowest BCUT2D eigenvalue weighted by Crippen LogP contribution is -2.24. The van der Waals surface area contributed by atoms with Gasteiger partial charge in [0.25, 0.3) is 0 Å². The third kappa shape index (κ3) is 5.52. The van der Waals surface area contributed by atoms with Crippen LogP contribution in [-0.2, 0) is 5.41 Å². The zero-order valence-electron chi connectivity index (χ0n) is 14.4. The fourth-order valence-electron chi connectivity index (χ4n) is 2.34. The average Bonchev–Trinajstić information content (AvgIpc) is 2.43. The molecule has 1 rings (SSSR count). The van der Waals surface area contributed by atoms with Crippen molar-refractivity contribution in [1.29, 1.82) is 0 Å². The van der Waals surface area contributed by atoms with E-state index in [0.29, 0.717) is 0 Å². The Morgan fingerprint density at radius 2 is 1.95 bits per heavy atom. The number of alkyl halides is 1. The summed E-state index contributed by atoms with van der Waals surface area (Å²) in [7, 11) is 3.84. The Morgan fingerprint density at radius 1 is 1.29 bits per heavy atom. The van der Waals surface area contributed by atoms with Gasteiger partial charge in [0.15, 0.2) is 0 Å². The first-order chi connectivity index (χ1) is 9.79. The highest BCUT2D eigenvalue weighted by atomic mass is 35.5. The number of rotatable bonds is 7. The van der Waals surface area contributed by atoms with Crippen LogP contribution in [0.2, 0.25) is 0 Å². The number of ether oxygens (including phenoxy) is 1. The second kappa shape index (κ2) is 8.05. The number of methoxy groups -OCH3 is 1. The standard InChI is InChI=1S/C18H30ClNO/c1-7-8-11-20(5)13-16(19)15-12-14(18(2,3)4)9-10-17(15)21-6/h9-10,12,16H,7-8,11,13H2,1-6H3. The van der Waals surface area contributed by atoms with Gasteiger partial charge in [0.05, 0.1) is 12.5 Å². The first-order valence-corrected chi connectivity index (χ1v) is 8.24. The van der Waals surface area contributed by atoms with E-state index in [1.54, 1.807) is 7.11 Å². The molecule has 0 aromatic heterocycles. The predicted octanol–water partition coefficient (Wildman–Crippen LogP) is 5.00. The van der Waals surface area contributed by atoms with Crippen LogP contribution in [0.3, 0.4) is 0 Å². The summed E-state index contributed by atoms with van der Waals surface area (Å²) in [6.07, 6.45) is 2.42. The molecule has 0 aliphatic rings. The molecule has 3 heteroatoms. The van der Waals surface area contributed by atoms with Crippen LogP contribution in [0.25, 0.3) is 0 Å². The van der Waals surface area contributed by atoms with Gasteiger partial charge in [-0.3, -0.25) is 0 Å². The largest absolute Gasteiger partial charge is 0.496 e. The lowest BCUT2D eigenvalue weighted by atomic mass is 9.85. The van der Waals surface area contributed by atoms with Crippen LogP contribution in [0.15, 0.2) is 18.2 Å². The van der Waals surface area contributed by atoms with Gasteiger partial charge in [-0.2, -0.15) is 0 Å². The maximum atomic E-state index is 6.66. The third-order valence-corrected chi connectivity index (χ3v) is 4.17. The molecule has 1 aromatic rings. The van der Waals surface area contributed by atoms with Crippen molar-refractivity contribution in [1.82, 2.24) is 4.90 Å². The average molecular weight is 312 g/mol. The molecule has 0 N–H and O–H groups in total. The van der Waals surface area contributed by atoms with Crippen molar-refractivity contribution in [3.8, 4) is 5.75 Å². The van der Waals surface area contributed by atoms with Crippen molar-refractivity contribution >= 4 is 11.6 Å². The summed E-state index contributed by atoms with van der Waals surface area (Å²) in [5, 5.41) is -0.0518. The summed E-state index contributed by atoms with van der Waals surface area (Å²) >= 11 is 6.66. The van der Waals surface area contributed by atoms with E-state index >= 15 is 0 Å². The van der Waals surface area contributed by atoms with E-state index in [-0.39, 0.29) is 10.8 Å². The first kappa shape index (κ1) is 18.3. The minimum absolute atomic E-state index is 0.0518. The van der Waals surface area contributed by atoms with Gasteiger partial charge in [-0.25, -0.2) is 0 Å². The monoisotopic (exact) mass is 311 g/mol. The van der Waals surface area contributed by atoms with E-state index in [0.717, 1.165) is 24.4 Å². The molecule has 1 aromatic carbocycles. The molecule has 0 aliphatic heterocycles. The van der Waals surface area contributed by atoms with E-state index in [2.05, 4.69) is 51.8 Å². The molecule has 0 fully saturated rings. The Labute approximate surface area is 135 Å². The maximum Gasteiger partial charge on any atom is 0.123 e.